The first kappa shape index (κ1) is 20.0. The van der Waals surface area contributed by atoms with Crippen molar-refractivity contribution >= 4 is 27.7 Å². The summed E-state index contributed by atoms with van der Waals surface area (Å²) in [5.74, 6) is 4.69. The molecule has 0 fully saturated rings. The lowest BCUT2D eigenvalue weighted by Crippen LogP contribution is -2.32. The number of nitrogen functional groups attached to an aromatic ring is 1. The van der Waals surface area contributed by atoms with Crippen LogP contribution in [0.5, 0.6) is 5.75 Å². The summed E-state index contributed by atoms with van der Waals surface area (Å²) in [7, 11) is 0. The number of carbonyl (C=O) groups is 1. The van der Waals surface area contributed by atoms with Crippen molar-refractivity contribution in [2.75, 3.05) is 12.3 Å². The zero-order valence-corrected chi connectivity index (χ0v) is 14.8. The molecule has 5 nitrogen and oxygen atoms in total. The highest BCUT2D eigenvalue weighted by molar-refractivity contribution is 9.10. The third-order valence-corrected chi connectivity index (χ3v) is 2.89. The molecular formula is C15H16BrF3N2O3. The maximum Gasteiger partial charge on any atom is 0.573 e. The molecule has 0 spiro atoms. The molecule has 1 amide bonds. The predicted octanol–water partition coefficient (Wildman–Crippen LogP) is 3.81. The third kappa shape index (κ3) is 7.46. The molecule has 0 atom stereocenters. The van der Waals surface area contributed by atoms with E-state index in [1.807, 2.05) is 0 Å². The molecule has 0 aliphatic heterocycles. The Kier molecular flexibility index (Phi) is 6.37. The summed E-state index contributed by atoms with van der Waals surface area (Å²) in [5.41, 5.74) is 5.37. The molecular weight excluding hydrogens is 393 g/mol. The Balaban J connectivity index is 2.78. The van der Waals surface area contributed by atoms with E-state index in [2.05, 4.69) is 37.8 Å². The molecule has 132 valence electrons. The van der Waals surface area contributed by atoms with Gasteiger partial charge in [-0.15, -0.1) is 13.2 Å². The van der Waals surface area contributed by atoms with E-state index in [-0.39, 0.29) is 22.3 Å². The summed E-state index contributed by atoms with van der Waals surface area (Å²) >= 11 is 2.94. The van der Waals surface area contributed by atoms with Gasteiger partial charge in [-0.2, -0.15) is 0 Å². The van der Waals surface area contributed by atoms with Gasteiger partial charge < -0.3 is 20.5 Å². The zero-order chi connectivity index (χ0) is 18.5. The minimum Gasteiger partial charge on any atom is -0.444 e. The van der Waals surface area contributed by atoms with E-state index in [1.54, 1.807) is 20.8 Å². The molecule has 3 N–H and O–H groups in total. The second-order valence-corrected chi connectivity index (χ2v) is 6.43. The van der Waals surface area contributed by atoms with E-state index in [1.165, 1.54) is 6.07 Å². The van der Waals surface area contributed by atoms with Crippen molar-refractivity contribution in [1.29, 1.82) is 0 Å². The molecule has 1 aromatic carbocycles. The number of hydrogen-bond donors (Lipinski definition) is 2. The van der Waals surface area contributed by atoms with Crippen LogP contribution in [-0.2, 0) is 4.74 Å². The van der Waals surface area contributed by atoms with Gasteiger partial charge in [0.2, 0.25) is 0 Å². The standard InChI is InChI=1S/C15H16BrF3N2O3/c1-14(2,3)24-13(22)21-6-4-5-9-7-12(23-15(17,18)19)10(16)8-11(9)20/h7-8H,6,20H2,1-3H3,(H,21,22). The van der Waals surface area contributed by atoms with E-state index in [4.69, 9.17) is 10.5 Å². The van der Waals surface area contributed by atoms with Gasteiger partial charge in [0.1, 0.15) is 11.4 Å². The number of nitrogens with one attached hydrogen (secondary N) is 1. The first-order valence-electron chi connectivity index (χ1n) is 6.68. The van der Waals surface area contributed by atoms with Gasteiger partial charge in [-0.25, -0.2) is 4.79 Å². The molecule has 1 rings (SSSR count). The van der Waals surface area contributed by atoms with Gasteiger partial charge in [-0.1, -0.05) is 11.8 Å². The number of alkyl carbamates (subject to hydrolysis) is 1. The monoisotopic (exact) mass is 408 g/mol. The Morgan fingerprint density at radius 1 is 1.33 bits per heavy atom. The van der Waals surface area contributed by atoms with Crippen LogP contribution in [0.4, 0.5) is 23.7 Å². The van der Waals surface area contributed by atoms with Gasteiger partial charge in [-0.3, -0.25) is 0 Å². The summed E-state index contributed by atoms with van der Waals surface area (Å²) in [6.45, 7) is 5.08. The highest BCUT2D eigenvalue weighted by Gasteiger charge is 2.32. The Hall–Kier alpha value is -2.08. The van der Waals surface area contributed by atoms with E-state index < -0.39 is 23.8 Å². The van der Waals surface area contributed by atoms with Crippen LogP contribution in [0.1, 0.15) is 26.3 Å². The van der Waals surface area contributed by atoms with Crippen LogP contribution in [-0.4, -0.2) is 24.6 Å². The largest absolute Gasteiger partial charge is 0.573 e. The number of amides is 1. The van der Waals surface area contributed by atoms with Gasteiger partial charge in [0.25, 0.3) is 0 Å². The quantitative estimate of drug-likeness (QED) is 0.576. The predicted molar refractivity (Wildman–Crippen MR) is 86.4 cm³/mol. The van der Waals surface area contributed by atoms with Crippen LogP contribution in [0, 0.1) is 11.8 Å². The average molecular weight is 409 g/mol. The van der Waals surface area contributed by atoms with Gasteiger partial charge >= 0.3 is 12.5 Å². The van der Waals surface area contributed by atoms with Crippen molar-refractivity contribution < 1.29 is 27.4 Å². The topological polar surface area (TPSA) is 73.6 Å². The lowest BCUT2D eigenvalue weighted by molar-refractivity contribution is -0.274. The van der Waals surface area contributed by atoms with Crippen molar-refractivity contribution in [1.82, 2.24) is 5.32 Å². The molecule has 9 heteroatoms. The number of carbonyl (C=O) groups excluding carboxylic acids is 1. The molecule has 1 aromatic rings. The second kappa shape index (κ2) is 7.66. The van der Waals surface area contributed by atoms with Crippen LogP contribution in [0.15, 0.2) is 16.6 Å². The number of hydrogen-bond acceptors (Lipinski definition) is 4. The number of alkyl halides is 3. The van der Waals surface area contributed by atoms with Gasteiger partial charge in [0, 0.05) is 5.69 Å². The van der Waals surface area contributed by atoms with Crippen LogP contribution in [0.25, 0.3) is 0 Å². The number of nitrogens with two attached hydrogens (primary N) is 1. The molecule has 0 bridgehead atoms. The Bertz CT molecular complexity index is 674. The molecule has 0 heterocycles. The minimum absolute atomic E-state index is 0.0507. The summed E-state index contributed by atoms with van der Waals surface area (Å²) in [4.78, 5) is 11.4. The molecule has 0 saturated carbocycles. The fourth-order valence-electron chi connectivity index (χ4n) is 1.45. The molecule has 0 aromatic heterocycles. The first-order chi connectivity index (χ1) is 10.9. The number of benzene rings is 1. The fraction of sp³-hybridized carbons (Fsp3) is 0.400. The molecule has 0 saturated heterocycles. The highest BCUT2D eigenvalue weighted by Crippen LogP contribution is 2.33. The molecule has 0 aliphatic rings. The smallest absolute Gasteiger partial charge is 0.444 e. The SMILES string of the molecule is CC(C)(C)OC(=O)NCC#Cc1cc(OC(F)(F)F)c(Br)cc1N. The Morgan fingerprint density at radius 2 is 1.96 bits per heavy atom. The highest BCUT2D eigenvalue weighted by atomic mass is 79.9. The number of ether oxygens (including phenoxy) is 2. The zero-order valence-electron chi connectivity index (χ0n) is 13.2. The Morgan fingerprint density at radius 3 is 2.50 bits per heavy atom. The maximum atomic E-state index is 12.3. The van der Waals surface area contributed by atoms with Crippen molar-refractivity contribution in [2.45, 2.75) is 32.7 Å². The summed E-state index contributed by atoms with van der Waals surface area (Å²) < 4.78 is 45.9. The van der Waals surface area contributed by atoms with Crippen LogP contribution < -0.4 is 15.8 Å². The number of anilines is 1. The molecule has 24 heavy (non-hydrogen) atoms. The van der Waals surface area contributed by atoms with E-state index in [0.29, 0.717) is 0 Å². The van der Waals surface area contributed by atoms with Gasteiger partial charge in [-0.05, 0) is 48.8 Å². The lowest BCUT2D eigenvalue weighted by atomic mass is 10.2. The van der Waals surface area contributed by atoms with Gasteiger partial charge in [0.05, 0.1) is 16.6 Å². The molecule has 0 aliphatic carbocycles. The molecule has 0 radical (unpaired) electrons. The van der Waals surface area contributed by atoms with E-state index >= 15 is 0 Å². The van der Waals surface area contributed by atoms with Gasteiger partial charge in [0.15, 0.2) is 0 Å². The van der Waals surface area contributed by atoms with Crippen LogP contribution in [0.3, 0.4) is 0 Å². The number of halogens is 4. The third-order valence-electron chi connectivity index (χ3n) is 2.27. The van der Waals surface area contributed by atoms with Crippen molar-refractivity contribution in [2.24, 2.45) is 0 Å². The van der Waals surface area contributed by atoms with E-state index in [0.717, 1.165) is 6.07 Å². The maximum absolute atomic E-state index is 12.3. The molecule has 0 unspecified atom stereocenters. The Labute approximate surface area is 145 Å². The number of rotatable bonds is 2. The average Bonchev–Trinajstić information content (AvgIpc) is 2.35. The normalized spacial score (nSPS) is 11.3. The summed E-state index contributed by atoms with van der Waals surface area (Å²) in [6, 6.07) is 2.32. The van der Waals surface area contributed by atoms with Crippen LogP contribution >= 0.6 is 15.9 Å². The fourth-order valence-corrected chi connectivity index (χ4v) is 1.89. The van der Waals surface area contributed by atoms with Crippen molar-refractivity contribution in [3.8, 4) is 17.6 Å². The lowest BCUT2D eigenvalue weighted by Gasteiger charge is -2.19. The van der Waals surface area contributed by atoms with Crippen molar-refractivity contribution in [3.63, 3.8) is 0 Å². The summed E-state index contributed by atoms with van der Waals surface area (Å²) in [6.07, 6.45) is -5.48. The second-order valence-electron chi connectivity index (χ2n) is 5.57. The first-order valence-corrected chi connectivity index (χ1v) is 7.47. The van der Waals surface area contributed by atoms with Crippen LogP contribution in [0.2, 0.25) is 0 Å². The van der Waals surface area contributed by atoms with E-state index in [9.17, 15) is 18.0 Å². The summed E-state index contributed by atoms with van der Waals surface area (Å²) in [5, 5.41) is 2.40. The van der Waals surface area contributed by atoms with Crippen molar-refractivity contribution in [3.05, 3.63) is 22.2 Å². The minimum atomic E-state index is -4.83.